The second kappa shape index (κ2) is 7.96. The average Bonchev–Trinajstić information content (AvgIpc) is 2.39. The van der Waals surface area contributed by atoms with E-state index in [1.54, 1.807) is 7.05 Å². The van der Waals surface area contributed by atoms with Gasteiger partial charge in [-0.05, 0) is 19.3 Å². The van der Waals surface area contributed by atoms with E-state index in [0.29, 0.717) is 13.2 Å². The standard InChI is InChI=1S/C12H22N2O5/c1-14(8-9-4-2-3-7-19-9)12(18)13-10(5-6-15)11(16)17/h9-10,15H,2-8H2,1H3,(H,13,18)(H,16,17)/t9?,10-/m1/s1. The van der Waals surface area contributed by atoms with Crippen LogP contribution in [0, 0.1) is 0 Å². The lowest BCUT2D eigenvalue weighted by molar-refractivity contribution is -0.139. The van der Waals surface area contributed by atoms with Crippen LogP contribution in [0.3, 0.4) is 0 Å². The molecular formula is C12H22N2O5. The van der Waals surface area contributed by atoms with Crippen LogP contribution in [0.25, 0.3) is 0 Å². The summed E-state index contributed by atoms with van der Waals surface area (Å²) in [6, 6.07) is -1.53. The number of hydrogen-bond donors (Lipinski definition) is 3. The van der Waals surface area contributed by atoms with E-state index in [2.05, 4.69) is 5.32 Å². The smallest absolute Gasteiger partial charge is 0.326 e. The highest BCUT2D eigenvalue weighted by molar-refractivity contribution is 5.82. The highest BCUT2D eigenvalue weighted by Gasteiger charge is 2.23. The number of nitrogens with zero attached hydrogens (tertiary/aromatic N) is 1. The zero-order valence-corrected chi connectivity index (χ0v) is 11.2. The predicted octanol–water partition coefficient (Wildman–Crippen LogP) is 0.0325. The van der Waals surface area contributed by atoms with Crippen LogP contribution >= 0.6 is 0 Å². The van der Waals surface area contributed by atoms with Crippen molar-refractivity contribution in [3.8, 4) is 0 Å². The first-order chi connectivity index (χ1) is 9.04. The Kier molecular flexibility index (Phi) is 6.58. The third-order valence-corrected chi connectivity index (χ3v) is 3.11. The van der Waals surface area contributed by atoms with Crippen LogP contribution in [0.2, 0.25) is 0 Å². The lowest BCUT2D eigenvalue weighted by Gasteiger charge is -2.28. The molecule has 1 saturated heterocycles. The number of aliphatic hydroxyl groups is 1. The van der Waals surface area contributed by atoms with Gasteiger partial charge in [0.15, 0.2) is 0 Å². The van der Waals surface area contributed by atoms with Gasteiger partial charge in [-0.15, -0.1) is 0 Å². The lowest BCUT2D eigenvalue weighted by Crippen LogP contribution is -2.49. The van der Waals surface area contributed by atoms with E-state index in [1.807, 2.05) is 0 Å². The van der Waals surface area contributed by atoms with E-state index < -0.39 is 18.0 Å². The number of carbonyl (C=O) groups is 2. The maximum Gasteiger partial charge on any atom is 0.326 e. The monoisotopic (exact) mass is 274 g/mol. The van der Waals surface area contributed by atoms with Gasteiger partial charge >= 0.3 is 12.0 Å². The molecule has 2 atom stereocenters. The SMILES string of the molecule is CN(CC1CCCCO1)C(=O)N[C@H](CCO)C(=O)O. The van der Waals surface area contributed by atoms with Gasteiger partial charge in [-0.3, -0.25) is 0 Å². The molecule has 7 nitrogen and oxygen atoms in total. The van der Waals surface area contributed by atoms with Gasteiger partial charge in [-0.1, -0.05) is 0 Å². The van der Waals surface area contributed by atoms with Gasteiger partial charge in [0.2, 0.25) is 0 Å². The molecule has 0 saturated carbocycles. The minimum atomic E-state index is -1.15. The van der Waals surface area contributed by atoms with Gasteiger partial charge in [0.1, 0.15) is 6.04 Å². The Morgan fingerprint density at radius 3 is 2.74 bits per heavy atom. The number of aliphatic hydroxyl groups excluding tert-OH is 1. The van der Waals surface area contributed by atoms with E-state index in [4.69, 9.17) is 14.9 Å². The maximum absolute atomic E-state index is 11.8. The molecule has 0 aromatic carbocycles. The van der Waals surface area contributed by atoms with E-state index in [0.717, 1.165) is 19.3 Å². The first kappa shape index (κ1) is 15.7. The van der Waals surface area contributed by atoms with Crippen molar-refractivity contribution < 1.29 is 24.5 Å². The zero-order valence-electron chi connectivity index (χ0n) is 11.2. The van der Waals surface area contributed by atoms with Crippen molar-refractivity contribution >= 4 is 12.0 Å². The minimum Gasteiger partial charge on any atom is -0.480 e. The van der Waals surface area contributed by atoms with Crippen molar-refractivity contribution in [2.24, 2.45) is 0 Å². The van der Waals surface area contributed by atoms with E-state index in [-0.39, 0.29) is 19.1 Å². The topological polar surface area (TPSA) is 99.1 Å². The molecule has 0 radical (unpaired) electrons. The largest absolute Gasteiger partial charge is 0.480 e. The highest BCUT2D eigenvalue weighted by atomic mass is 16.5. The molecule has 0 bridgehead atoms. The molecule has 2 amide bonds. The molecule has 1 heterocycles. The number of hydrogen-bond acceptors (Lipinski definition) is 4. The van der Waals surface area contributed by atoms with Crippen molar-refractivity contribution in [2.45, 2.75) is 37.8 Å². The third kappa shape index (κ3) is 5.44. The Labute approximate surface area is 112 Å². The Bertz CT molecular complexity index is 304. The van der Waals surface area contributed by atoms with Crippen molar-refractivity contribution in [1.82, 2.24) is 10.2 Å². The van der Waals surface area contributed by atoms with Gasteiger partial charge in [0.05, 0.1) is 6.10 Å². The highest BCUT2D eigenvalue weighted by Crippen LogP contribution is 2.13. The molecule has 0 aromatic rings. The van der Waals surface area contributed by atoms with E-state index in [1.165, 1.54) is 4.90 Å². The molecule has 0 aromatic heterocycles. The molecule has 19 heavy (non-hydrogen) atoms. The quantitative estimate of drug-likeness (QED) is 0.635. The summed E-state index contributed by atoms with van der Waals surface area (Å²) in [7, 11) is 1.60. The summed E-state index contributed by atoms with van der Waals surface area (Å²) in [6.07, 6.45) is 3.06. The number of likely N-dealkylation sites (N-methyl/N-ethyl adjacent to an activating group) is 1. The number of carbonyl (C=O) groups excluding carboxylic acids is 1. The number of rotatable bonds is 6. The van der Waals surface area contributed by atoms with Gasteiger partial charge in [0, 0.05) is 33.2 Å². The molecule has 3 N–H and O–H groups in total. The lowest BCUT2D eigenvalue weighted by atomic mass is 10.1. The van der Waals surface area contributed by atoms with Crippen LogP contribution in [-0.4, -0.2) is 66.1 Å². The summed E-state index contributed by atoms with van der Waals surface area (Å²) in [6.45, 7) is 0.867. The molecule has 1 rings (SSSR count). The van der Waals surface area contributed by atoms with Crippen LogP contribution in [0.1, 0.15) is 25.7 Å². The van der Waals surface area contributed by atoms with Crippen LogP contribution < -0.4 is 5.32 Å². The summed E-state index contributed by atoms with van der Waals surface area (Å²) < 4.78 is 5.52. The Balaban J connectivity index is 2.39. The summed E-state index contributed by atoms with van der Waals surface area (Å²) in [4.78, 5) is 24.1. The van der Waals surface area contributed by atoms with Crippen LogP contribution in [-0.2, 0) is 9.53 Å². The van der Waals surface area contributed by atoms with Gasteiger partial charge in [-0.2, -0.15) is 0 Å². The van der Waals surface area contributed by atoms with Crippen molar-refractivity contribution in [1.29, 1.82) is 0 Å². The fourth-order valence-electron chi connectivity index (χ4n) is 1.99. The van der Waals surface area contributed by atoms with Crippen molar-refractivity contribution in [3.05, 3.63) is 0 Å². The summed E-state index contributed by atoms with van der Waals surface area (Å²) >= 11 is 0. The Morgan fingerprint density at radius 1 is 1.47 bits per heavy atom. The molecule has 1 unspecified atom stereocenters. The fourth-order valence-corrected chi connectivity index (χ4v) is 1.99. The van der Waals surface area contributed by atoms with Gasteiger partial charge < -0.3 is 25.2 Å². The molecule has 1 aliphatic rings. The number of nitrogens with one attached hydrogen (secondary N) is 1. The first-order valence-electron chi connectivity index (χ1n) is 6.51. The van der Waals surface area contributed by atoms with Gasteiger partial charge in [0.25, 0.3) is 0 Å². The molecule has 1 aliphatic heterocycles. The minimum absolute atomic E-state index is 0.00512. The summed E-state index contributed by atoms with van der Waals surface area (Å²) in [5.74, 6) is -1.15. The number of amides is 2. The normalized spacial score (nSPS) is 20.6. The number of urea groups is 1. The first-order valence-corrected chi connectivity index (χ1v) is 6.51. The molecule has 0 spiro atoms. The van der Waals surface area contributed by atoms with Gasteiger partial charge in [-0.25, -0.2) is 9.59 Å². The zero-order chi connectivity index (χ0) is 14.3. The number of ether oxygens (including phenoxy) is 1. The molecule has 0 aliphatic carbocycles. The van der Waals surface area contributed by atoms with Crippen LogP contribution in [0.15, 0.2) is 0 Å². The molecule has 110 valence electrons. The molecular weight excluding hydrogens is 252 g/mol. The Hall–Kier alpha value is -1.34. The van der Waals surface area contributed by atoms with Crippen LogP contribution in [0.5, 0.6) is 0 Å². The van der Waals surface area contributed by atoms with Crippen LogP contribution in [0.4, 0.5) is 4.79 Å². The third-order valence-electron chi connectivity index (χ3n) is 3.11. The second-order valence-corrected chi connectivity index (χ2v) is 4.72. The van der Waals surface area contributed by atoms with E-state index in [9.17, 15) is 9.59 Å². The number of carboxylic acids is 1. The molecule has 1 fully saturated rings. The average molecular weight is 274 g/mol. The van der Waals surface area contributed by atoms with Crippen molar-refractivity contribution in [3.63, 3.8) is 0 Å². The summed E-state index contributed by atoms with van der Waals surface area (Å²) in [5.41, 5.74) is 0. The molecule has 7 heteroatoms. The Morgan fingerprint density at radius 2 is 2.21 bits per heavy atom. The fraction of sp³-hybridized carbons (Fsp3) is 0.833. The number of carboxylic acid groups (broad SMARTS) is 1. The summed E-state index contributed by atoms with van der Waals surface area (Å²) in [5, 5.41) is 20.0. The predicted molar refractivity (Wildman–Crippen MR) is 67.9 cm³/mol. The van der Waals surface area contributed by atoms with E-state index >= 15 is 0 Å². The maximum atomic E-state index is 11.8. The van der Waals surface area contributed by atoms with Crippen molar-refractivity contribution in [2.75, 3.05) is 26.8 Å². The number of aliphatic carboxylic acids is 1. The second-order valence-electron chi connectivity index (χ2n) is 4.72.